The molecule has 2 aromatic carbocycles. The average Bonchev–Trinajstić information content (AvgIpc) is 3.33. The minimum absolute atomic E-state index is 0.346. The Labute approximate surface area is 226 Å². The molecule has 0 amide bonds. The summed E-state index contributed by atoms with van der Waals surface area (Å²) in [6, 6.07) is 17.6. The van der Waals surface area contributed by atoms with Crippen LogP contribution in [-0.2, 0) is 6.54 Å². The Hall–Kier alpha value is -2.12. The van der Waals surface area contributed by atoms with Crippen LogP contribution in [0.3, 0.4) is 0 Å². The van der Waals surface area contributed by atoms with E-state index in [2.05, 4.69) is 125 Å². The second-order valence-corrected chi connectivity index (χ2v) is 13.9. The van der Waals surface area contributed by atoms with Crippen molar-refractivity contribution >= 4 is 45.1 Å². The second-order valence-electron chi connectivity index (χ2n) is 11.7. The Morgan fingerprint density at radius 1 is 0.861 bits per heavy atom. The number of hydrogen-bond donors (Lipinski definition) is 0. The largest absolute Gasteiger partial charge is 0.355 e. The third-order valence-corrected chi connectivity index (χ3v) is 8.81. The monoisotopic (exact) mass is 523 g/mol. The first-order chi connectivity index (χ1) is 17.1. The number of benzene rings is 2. The molecule has 3 aromatic rings. The zero-order chi connectivity index (χ0) is 25.8. The molecule has 4 rings (SSSR count). The summed E-state index contributed by atoms with van der Waals surface area (Å²) < 4.78 is 5.87. The summed E-state index contributed by atoms with van der Waals surface area (Å²) in [5, 5.41) is 1.67. The highest BCUT2D eigenvalue weighted by Gasteiger charge is 2.28. The van der Waals surface area contributed by atoms with Crippen LogP contribution < -0.4 is 9.47 Å². The summed E-state index contributed by atoms with van der Waals surface area (Å²) in [5.74, 6) is 0. The summed E-state index contributed by atoms with van der Waals surface area (Å²) >= 11 is 3.85. The topological polar surface area (TPSA) is 7.12 Å². The van der Waals surface area contributed by atoms with Gasteiger partial charge >= 0.3 is 0 Å². The van der Waals surface area contributed by atoms with Crippen LogP contribution in [0.2, 0.25) is 0 Å². The van der Waals surface area contributed by atoms with E-state index in [1.165, 1.54) is 51.7 Å². The fourth-order valence-corrected chi connectivity index (χ4v) is 6.98. The van der Waals surface area contributed by atoms with Gasteiger partial charge in [-0.15, -0.1) is 0 Å². The number of aryl methyl sites for hydroxylation is 1. The van der Waals surface area contributed by atoms with E-state index in [9.17, 15) is 0 Å². The van der Waals surface area contributed by atoms with Gasteiger partial charge in [-0.25, -0.2) is 0 Å². The van der Waals surface area contributed by atoms with Gasteiger partial charge in [-0.3, -0.25) is 0 Å². The minimum Gasteiger partial charge on any atom is -0.355 e. The molecule has 0 fully saturated rings. The van der Waals surface area contributed by atoms with E-state index in [4.69, 9.17) is 0 Å². The standard InChI is InChI=1S/C30H43N4S2/c1-33(2,3)23-13-21-31-25-15-7-9-17-27(25)35-29(31)19-11-12-20-30-32(22-14-24-34(4,5)6)26-16-8-10-18-28(26)36-30/h7-12,15-20,29H,13-14,21-24H2,1-6H3/q+3. The molecule has 0 N–H and O–H groups in total. The Morgan fingerprint density at radius 3 is 2.33 bits per heavy atom. The summed E-state index contributed by atoms with van der Waals surface area (Å²) in [6.45, 7) is 4.49. The lowest BCUT2D eigenvalue weighted by Crippen LogP contribution is -2.40. The molecule has 0 bridgehead atoms. The lowest BCUT2D eigenvalue weighted by molar-refractivity contribution is -0.873. The van der Waals surface area contributed by atoms with E-state index in [0.717, 1.165) is 22.1 Å². The van der Waals surface area contributed by atoms with Crippen LogP contribution in [0.15, 0.2) is 71.7 Å². The third-order valence-electron chi connectivity index (χ3n) is 6.43. The number of aromatic nitrogens is 1. The lowest BCUT2D eigenvalue weighted by Gasteiger charge is -2.28. The van der Waals surface area contributed by atoms with Crippen LogP contribution in [0.25, 0.3) is 16.3 Å². The molecule has 1 aliphatic rings. The molecule has 0 saturated heterocycles. The minimum atomic E-state index is 0.346. The average molecular weight is 524 g/mol. The van der Waals surface area contributed by atoms with Gasteiger partial charge in [-0.2, -0.15) is 4.57 Å². The molecular formula is C30H43N4S2+3. The number of hydrogen-bond acceptors (Lipinski definition) is 3. The van der Waals surface area contributed by atoms with Crippen LogP contribution in [0, 0.1) is 0 Å². The van der Waals surface area contributed by atoms with E-state index in [-0.39, 0.29) is 0 Å². The van der Waals surface area contributed by atoms with Crippen molar-refractivity contribution in [1.82, 2.24) is 0 Å². The molecule has 192 valence electrons. The number of thioether (sulfide) groups is 1. The Morgan fingerprint density at radius 2 is 1.56 bits per heavy atom. The number of anilines is 1. The van der Waals surface area contributed by atoms with Crippen LogP contribution in [0.5, 0.6) is 0 Å². The van der Waals surface area contributed by atoms with E-state index in [0.29, 0.717) is 5.37 Å². The van der Waals surface area contributed by atoms with Gasteiger partial charge in [0.2, 0.25) is 5.52 Å². The lowest BCUT2D eigenvalue weighted by atomic mass is 10.2. The molecule has 6 heteroatoms. The molecular weight excluding hydrogens is 480 g/mol. The molecule has 0 radical (unpaired) electrons. The molecule has 0 saturated carbocycles. The molecule has 0 aliphatic carbocycles. The first kappa shape index (κ1) is 26.9. The van der Waals surface area contributed by atoms with Crippen molar-refractivity contribution in [2.24, 2.45) is 0 Å². The maximum absolute atomic E-state index is 2.57. The first-order valence-corrected chi connectivity index (χ1v) is 14.7. The Balaban J connectivity index is 1.48. The van der Waals surface area contributed by atoms with Gasteiger partial charge in [0.1, 0.15) is 4.70 Å². The normalized spacial score (nSPS) is 16.6. The quantitative estimate of drug-likeness (QED) is 0.176. The van der Waals surface area contributed by atoms with Gasteiger partial charge in [0.15, 0.2) is 6.54 Å². The summed E-state index contributed by atoms with van der Waals surface area (Å²) in [5.41, 5.74) is 2.72. The number of para-hydroxylation sites is 2. The highest BCUT2D eigenvalue weighted by atomic mass is 32.2. The fourth-order valence-electron chi connectivity index (χ4n) is 4.64. The van der Waals surface area contributed by atoms with E-state index >= 15 is 0 Å². The molecule has 4 nitrogen and oxygen atoms in total. The van der Waals surface area contributed by atoms with Crippen molar-refractivity contribution in [3.8, 4) is 0 Å². The predicted octanol–water partition coefficient (Wildman–Crippen LogP) is 5.89. The number of rotatable bonds is 11. The van der Waals surface area contributed by atoms with Gasteiger partial charge in [-0.05, 0) is 18.2 Å². The van der Waals surface area contributed by atoms with Crippen molar-refractivity contribution in [3.05, 3.63) is 71.8 Å². The number of fused-ring (bicyclic) bond motifs is 2. The van der Waals surface area contributed by atoms with Gasteiger partial charge < -0.3 is 13.9 Å². The van der Waals surface area contributed by atoms with E-state index < -0.39 is 0 Å². The first-order valence-electron chi connectivity index (χ1n) is 13.0. The maximum atomic E-state index is 2.57. The van der Waals surface area contributed by atoms with Gasteiger partial charge in [0.05, 0.1) is 72.9 Å². The van der Waals surface area contributed by atoms with Gasteiger partial charge in [0, 0.05) is 30.0 Å². The van der Waals surface area contributed by atoms with E-state index in [1.807, 2.05) is 23.1 Å². The van der Waals surface area contributed by atoms with Crippen LogP contribution >= 0.6 is 23.1 Å². The van der Waals surface area contributed by atoms with Crippen LogP contribution in [-0.4, -0.2) is 76.3 Å². The zero-order valence-corrected chi connectivity index (χ0v) is 24.5. The highest BCUT2D eigenvalue weighted by Crippen LogP contribution is 2.43. The van der Waals surface area contributed by atoms with Crippen molar-refractivity contribution in [3.63, 3.8) is 0 Å². The maximum Gasteiger partial charge on any atom is 0.262 e. The molecule has 36 heavy (non-hydrogen) atoms. The fraction of sp³-hybridized carbons (Fsp3) is 0.433. The molecule has 0 spiro atoms. The van der Waals surface area contributed by atoms with Crippen LogP contribution in [0.4, 0.5) is 5.69 Å². The third kappa shape index (κ3) is 7.22. The Bertz CT molecular complexity index is 1210. The van der Waals surface area contributed by atoms with Crippen molar-refractivity contribution < 1.29 is 13.5 Å². The Kier molecular flexibility index (Phi) is 8.61. The van der Waals surface area contributed by atoms with Gasteiger partial charge in [-0.1, -0.05) is 65.6 Å². The van der Waals surface area contributed by atoms with Gasteiger partial charge in [0.25, 0.3) is 5.01 Å². The number of thiazole rings is 1. The number of allylic oxidation sites excluding steroid dienone is 2. The van der Waals surface area contributed by atoms with E-state index in [1.54, 1.807) is 0 Å². The van der Waals surface area contributed by atoms with Crippen molar-refractivity contribution in [2.75, 3.05) is 66.8 Å². The SMILES string of the molecule is C[N+](C)(C)CCCN1c2ccccc2SC1C=CC=Cc1sc2ccccc2[n+]1CCC[N+](C)(C)C. The zero-order valence-electron chi connectivity index (χ0n) is 22.9. The summed E-state index contributed by atoms with van der Waals surface area (Å²) in [4.78, 5) is 3.96. The predicted molar refractivity (Wildman–Crippen MR) is 159 cm³/mol. The smallest absolute Gasteiger partial charge is 0.262 e. The molecule has 1 unspecified atom stereocenters. The van der Waals surface area contributed by atoms with Crippen LogP contribution in [0.1, 0.15) is 17.8 Å². The van der Waals surface area contributed by atoms with Crippen molar-refractivity contribution in [1.29, 1.82) is 0 Å². The summed E-state index contributed by atoms with van der Waals surface area (Å²) in [7, 11) is 13.6. The molecule has 1 aliphatic heterocycles. The second kappa shape index (κ2) is 11.5. The highest BCUT2D eigenvalue weighted by molar-refractivity contribution is 8.00. The summed E-state index contributed by atoms with van der Waals surface area (Å²) in [6.07, 6.45) is 11.5. The number of quaternary nitrogens is 2. The molecule has 1 aromatic heterocycles. The number of nitrogens with zero attached hydrogens (tertiary/aromatic N) is 4. The molecule has 1 atom stereocenters. The molecule has 2 heterocycles. The van der Waals surface area contributed by atoms with Crippen molar-refractivity contribution in [2.45, 2.75) is 29.7 Å².